The van der Waals surface area contributed by atoms with Crippen LogP contribution in [0.3, 0.4) is 0 Å². The van der Waals surface area contributed by atoms with Crippen LogP contribution in [-0.4, -0.2) is 31.3 Å². The second-order valence-corrected chi connectivity index (χ2v) is 6.74. The van der Waals surface area contributed by atoms with E-state index < -0.39 is 0 Å². The molecule has 0 bridgehead atoms. The number of hydrogen-bond acceptors (Lipinski definition) is 5. The van der Waals surface area contributed by atoms with E-state index in [1.54, 1.807) is 12.3 Å². The number of allylic oxidation sites excluding steroid dienone is 1. The number of aromatic nitrogens is 4. The number of thioether (sulfide) groups is 1. The molecule has 0 amide bonds. The number of ketones is 1. The van der Waals surface area contributed by atoms with Crippen LogP contribution < -0.4 is 0 Å². The van der Waals surface area contributed by atoms with E-state index in [4.69, 9.17) is 4.42 Å². The van der Waals surface area contributed by atoms with Crippen LogP contribution in [0.25, 0.3) is 11.4 Å². The molecule has 0 saturated heterocycles. The van der Waals surface area contributed by atoms with Crippen LogP contribution >= 0.6 is 11.8 Å². The first-order valence-electron chi connectivity index (χ1n) is 7.92. The van der Waals surface area contributed by atoms with Gasteiger partial charge in [0.25, 0.3) is 0 Å². The van der Waals surface area contributed by atoms with Crippen LogP contribution in [-0.2, 0) is 6.54 Å². The van der Waals surface area contributed by atoms with E-state index in [0.717, 1.165) is 34.1 Å². The number of carbonyl (C=O) groups excluding carboxylic acids is 1. The highest BCUT2D eigenvalue weighted by atomic mass is 32.2. The summed E-state index contributed by atoms with van der Waals surface area (Å²) in [6, 6.07) is 3.75. The Hall–Kier alpha value is -2.54. The van der Waals surface area contributed by atoms with Gasteiger partial charge in [-0.05, 0) is 32.9 Å². The van der Waals surface area contributed by atoms with E-state index >= 15 is 0 Å². The van der Waals surface area contributed by atoms with Gasteiger partial charge in [-0.1, -0.05) is 17.8 Å². The quantitative estimate of drug-likeness (QED) is 0.394. The molecule has 0 spiro atoms. The summed E-state index contributed by atoms with van der Waals surface area (Å²) in [4.78, 5) is 15.6. The van der Waals surface area contributed by atoms with Gasteiger partial charge in [0, 0.05) is 23.5 Å². The summed E-state index contributed by atoms with van der Waals surface area (Å²) < 4.78 is 7.30. The molecule has 0 aliphatic carbocycles. The van der Waals surface area contributed by atoms with Gasteiger partial charge >= 0.3 is 0 Å². The Bertz CT molecular complexity index is 920. The SMILES string of the molecule is C=CCn1c(SCC(=O)c2cc(C)[nH]c2C)nnc1-c1ccoc1C. The molecule has 0 radical (unpaired) electrons. The fourth-order valence-electron chi connectivity index (χ4n) is 2.73. The summed E-state index contributed by atoms with van der Waals surface area (Å²) in [5.41, 5.74) is 3.50. The average Bonchev–Trinajstić information content (AvgIpc) is 3.25. The second kappa shape index (κ2) is 7.14. The number of nitrogens with one attached hydrogen (secondary N) is 1. The molecule has 1 N–H and O–H groups in total. The van der Waals surface area contributed by atoms with Crippen LogP contribution in [0.15, 0.2) is 40.6 Å². The number of hydrogen-bond donors (Lipinski definition) is 1. The number of aromatic amines is 1. The Balaban J connectivity index is 1.82. The molecule has 0 saturated carbocycles. The Morgan fingerprint density at radius 1 is 1.40 bits per heavy atom. The van der Waals surface area contributed by atoms with Crippen molar-refractivity contribution in [3.05, 3.63) is 53.8 Å². The number of Topliss-reactive ketones (excluding diaryl/α,β-unsaturated/α-hetero) is 1. The van der Waals surface area contributed by atoms with Gasteiger partial charge in [-0.25, -0.2) is 0 Å². The van der Waals surface area contributed by atoms with E-state index in [0.29, 0.717) is 17.5 Å². The molecule has 0 unspecified atom stereocenters. The fraction of sp³-hybridized carbons (Fsp3) is 0.278. The zero-order valence-corrected chi connectivity index (χ0v) is 15.3. The molecular weight excluding hydrogens is 336 g/mol. The lowest BCUT2D eigenvalue weighted by Gasteiger charge is -2.07. The van der Waals surface area contributed by atoms with Gasteiger partial charge in [-0.2, -0.15) is 0 Å². The molecule has 0 fully saturated rings. The molecule has 6 nitrogen and oxygen atoms in total. The smallest absolute Gasteiger partial charge is 0.192 e. The van der Waals surface area contributed by atoms with Gasteiger partial charge in [-0.3, -0.25) is 9.36 Å². The molecule has 7 heteroatoms. The van der Waals surface area contributed by atoms with Gasteiger partial charge in [0.2, 0.25) is 0 Å². The first kappa shape index (κ1) is 17.3. The maximum Gasteiger partial charge on any atom is 0.192 e. The molecule has 130 valence electrons. The third-order valence-corrected chi connectivity index (χ3v) is 4.88. The van der Waals surface area contributed by atoms with E-state index in [1.165, 1.54) is 11.8 Å². The lowest BCUT2D eigenvalue weighted by atomic mass is 10.2. The van der Waals surface area contributed by atoms with Crippen molar-refractivity contribution in [2.24, 2.45) is 0 Å². The minimum atomic E-state index is 0.0704. The zero-order chi connectivity index (χ0) is 18.0. The molecule has 3 aromatic heterocycles. The predicted octanol–water partition coefficient (Wildman–Crippen LogP) is 3.95. The lowest BCUT2D eigenvalue weighted by molar-refractivity contribution is 0.102. The largest absolute Gasteiger partial charge is 0.469 e. The van der Waals surface area contributed by atoms with Gasteiger partial charge < -0.3 is 9.40 Å². The zero-order valence-electron chi connectivity index (χ0n) is 14.5. The minimum absolute atomic E-state index is 0.0704. The predicted molar refractivity (Wildman–Crippen MR) is 98.0 cm³/mol. The monoisotopic (exact) mass is 356 g/mol. The van der Waals surface area contributed by atoms with Gasteiger partial charge in [0.05, 0.1) is 17.6 Å². The van der Waals surface area contributed by atoms with Gasteiger partial charge in [-0.15, -0.1) is 16.8 Å². The molecule has 0 aliphatic rings. The van der Waals surface area contributed by atoms with Gasteiger partial charge in [0.1, 0.15) is 5.76 Å². The summed E-state index contributed by atoms with van der Waals surface area (Å²) in [6.07, 6.45) is 3.42. The standard InChI is InChI=1S/C18H20N4O2S/c1-5-7-22-17(14-6-8-24-13(14)4)20-21-18(22)25-10-16(23)15-9-11(2)19-12(15)3/h5-6,8-9,19H,1,7,10H2,2-4H3. The highest BCUT2D eigenvalue weighted by Crippen LogP contribution is 2.27. The number of H-pyrrole nitrogens is 1. The van der Waals surface area contributed by atoms with Crippen LogP contribution in [0.4, 0.5) is 0 Å². The number of aryl methyl sites for hydroxylation is 3. The first-order chi connectivity index (χ1) is 12.0. The molecule has 0 atom stereocenters. The summed E-state index contributed by atoms with van der Waals surface area (Å²) in [5, 5.41) is 9.22. The maximum absolute atomic E-state index is 12.5. The first-order valence-corrected chi connectivity index (χ1v) is 8.90. The molecule has 25 heavy (non-hydrogen) atoms. The highest BCUT2D eigenvalue weighted by molar-refractivity contribution is 7.99. The van der Waals surface area contributed by atoms with Gasteiger partial charge in [0.15, 0.2) is 16.8 Å². The van der Waals surface area contributed by atoms with E-state index in [9.17, 15) is 4.79 Å². The van der Waals surface area contributed by atoms with Crippen molar-refractivity contribution in [2.45, 2.75) is 32.5 Å². The molecule has 3 aromatic rings. The number of nitrogens with zero attached hydrogens (tertiary/aromatic N) is 3. The highest BCUT2D eigenvalue weighted by Gasteiger charge is 2.19. The topological polar surface area (TPSA) is 76.7 Å². The molecule has 3 rings (SSSR count). The molecular formula is C18H20N4O2S. The van der Waals surface area contributed by atoms with E-state index in [-0.39, 0.29) is 5.78 Å². The van der Waals surface area contributed by atoms with Crippen molar-refractivity contribution in [3.8, 4) is 11.4 Å². The normalized spacial score (nSPS) is 11.0. The summed E-state index contributed by atoms with van der Waals surface area (Å²) in [5.74, 6) is 1.87. The van der Waals surface area contributed by atoms with Crippen LogP contribution in [0.2, 0.25) is 0 Å². The Labute approximate surface area is 150 Å². The van der Waals surface area contributed by atoms with E-state index in [1.807, 2.05) is 37.5 Å². The fourth-order valence-corrected chi connectivity index (χ4v) is 3.56. The van der Waals surface area contributed by atoms with Crippen LogP contribution in [0.5, 0.6) is 0 Å². The second-order valence-electron chi connectivity index (χ2n) is 5.80. The van der Waals surface area contributed by atoms with Crippen molar-refractivity contribution in [1.29, 1.82) is 0 Å². The Morgan fingerprint density at radius 3 is 2.80 bits per heavy atom. The van der Waals surface area contributed by atoms with Crippen molar-refractivity contribution in [1.82, 2.24) is 19.7 Å². The average molecular weight is 356 g/mol. The number of rotatable bonds is 7. The molecule has 0 aliphatic heterocycles. The van der Waals surface area contributed by atoms with Crippen molar-refractivity contribution < 1.29 is 9.21 Å². The minimum Gasteiger partial charge on any atom is -0.469 e. The lowest BCUT2D eigenvalue weighted by Crippen LogP contribution is -2.06. The Morgan fingerprint density at radius 2 is 2.20 bits per heavy atom. The van der Waals surface area contributed by atoms with Crippen molar-refractivity contribution in [2.75, 3.05) is 5.75 Å². The number of carbonyl (C=O) groups is 1. The summed E-state index contributed by atoms with van der Waals surface area (Å²) >= 11 is 1.38. The third-order valence-electron chi connectivity index (χ3n) is 3.91. The van der Waals surface area contributed by atoms with Crippen molar-refractivity contribution >= 4 is 17.5 Å². The Kier molecular flexibility index (Phi) is 4.94. The maximum atomic E-state index is 12.5. The third kappa shape index (κ3) is 3.46. The van der Waals surface area contributed by atoms with Crippen molar-refractivity contribution in [3.63, 3.8) is 0 Å². The summed E-state index contributed by atoms with van der Waals surface area (Å²) in [7, 11) is 0. The van der Waals surface area contributed by atoms with Crippen LogP contribution in [0, 0.1) is 20.8 Å². The van der Waals surface area contributed by atoms with Crippen LogP contribution in [0.1, 0.15) is 27.5 Å². The molecule has 3 heterocycles. The molecule has 0 aromatic carbocycles. The van der Waals surface area contributed by atoms with E-state index in [2.05, 4.69) is 21.8 Å². The summed E-state index contributed by atoms with van der Waals surface area (Å²) in [6.45, 7) is 10.1. The number of furan rings is 1.